The molecule has 0 spiro atoms. The summed E-state index contributed by atoms with van der Waals surface area (Å²) in [7, 11) is 0. The van der Waals surface area contributed by atoms with Crippen molar-refractivity contribution in [1.29, 1.82) is 0 Å². The van der Waals surface area contributed by atoms with Gasteiger partial charge in [-0.1, -0.05) is 35.8 Å². The minimum absolute atomic E-state index is 0.0427. The van der Waals surface area contributed by atoms with Crippen molar-refractivity contribution in [3.05, 3.63) is 33.8 Å². The molecule has 0 aliphatic rings. The fraction of sp³-hybridized carbons (Fsp3) is 0.385. The van der Waals surface area contributed by atoms with Gasteiger partial charge in [0.05, 0.1) is 0 Å². The summed E-state index contributed by atoms with van der Waals surface area (Å²) in [6.45, 7) is 5.51. The van der Waals surface area contributed by atoms with Crippen LogP contribution in [-0.4, -0.2) is 17.9 Å². The lowest BCUT2D eigenvalue weighted by atomic mass is 10.0. The molecule has 1 aromatic carbocycles. The number of rotatable bonds is 4. The van der Waals surface area contributed by atoms with Crippen LogP contribution in [0.3, 0.4) is 0 Å². The van der Waals surface area contributed by atoms with Crippen LogP contribution in [0, 0.1) is 12.8 Å². The van der Waals surface area contributed by atoms with Gasteiger partial charge in [0.25, 0.3) is 5.91 Å². The number of primary amides is 1. The van der Waals surface area contributed by atoms with E-state index < -0.39 is 11.9 Å². The van der Waals surface area contributed by atoms with Crippen molar-refractivity contribution in [2.75, 3.05) is 0 Å². The molecule has 0 bridgehead atoms. The third-order valence-electron chi connectivity index (χ3n) is 2.77. The van der Waals surface area contributed by atoms with Gasteiger partial charge in [0.2, 0.25) is 5.91 Å². The number of hydrogen-bond donors (Lipinski definition) is 2. The lowest BCUT2D eigenvalue weighted by Gasteiger charge is -2.19. The zero-order valence-electron chi connectivity index (χ0n) is 10.7. The molecule has 0 radical (unpaired) electrons. The van der Waals surface area contributed by atoms with Gasteiger partial charge in [0, 0.05) is 10.0 Å². The molecule has 0 saturated heterocycles. The Kier molecular flexibility index (Phi) is 4.90. The summed E-state index contributed by atoms with van der Waals surface area (Å²) in [5.41, 5.74) is 6.64. The molecule has 98 valence electrons. The van der Waals surface area contributed by atoms with Crippen LogP contribution in [-0.2, 0) is 4.79 Å². The van der Waals surface area contributed by atoms with E-state index in [0.717, 1.165) is 10.0 Å². The highest BCUT2D eigenvalue weighted by atomic mass is 79.9. The average Bonchev–Trinajstić information content (AvgIpc) is 2.28. The highest BCUT2D eigenvalue weighted by molar-refractivity contribution is 9.10. The van der Waals surface area contributed by atoms with Gasteiger partial charge in [-0.2, -0.15) is 0 Å². The van der Waals surface area contributed by atoms with Crippen LogP contribution in [0.2, 0.25) is 0 Å². The Morgan fingerprint density at radius 3 is 2.44 bits per heavy atom. The molecule has 0 aromatic heterocycles. The van der Waals surface area contributed by atoms with Gasteiger partial charge in [-0.25, -0.2) is 0 Å². The van der Waals surface area contributed by atoms with Crippen LogP contribution >= 0.6 is 15.9 Å². The molecule has 0 saturated carbocycles. The van der Waals surface area contributed by atoms with Crippen molar-refractivity contribution in [2.45, 2.75) is 26.8 Å². The van der Waals surface area contributed by atoms with E-state index in [2.05, 4.69) is 21.2 Å². The zero-order valence-corrected chi connectivity index (χ0v) is 12.2. The Bertz CT molecular complexity index is 472. The quantitative estimate of drug-likeness (QED) is 0.892. The summed E-state index contributed by atoms with van der Waals surface area (Å²) in [5, 5.41) is 2.67. The molecule has 0 fully saturated rings. The number of nitrogens with two attached hydrogens (primary N) is 1. The summed E-state index contributed by atoms with van der Waals surface area (Å²) in [6.07, 6.45) is 0. The van der Waals surface area contributed by atoms with E-state index in [1.807, 2.05) is 26.8 Å². The molecule has 0 aliphatic carbocycles. The van der Waals surface area contributed by atoms with Crippen LogP contribution in [0.4, 0.5) is 0 Å². The van der Waals surface area contributed by atoms with Crippen molar-refractivity contribution >= 4 is 27.7 Å². The molecule has 1 rings (SSSR count). The maximum absolute atomic E-state index is 12.1. The number of carbonyl (C=O) groups is 2. The first-order valence-corrected chi connectivity index (χ1v) is 6.49. The number of carbonyl (C=O) groups excluding carboxylic acids is 2. The maximum Gasteiger partial charge on any atom is 0.252 e. The Labute approximate surface area is 115 Å². The number of amides is 2. The monoisotopic (exact) mass is 312 g/mol. The molecule has 0 heterocycles. The van der Waals surface area contributed by atoms with Gasteiger partial charge in [-0.05, 0) is 30.5 Å². The SMILES string of the molecule is Cc1c(Br)cccc1C(=O)N[C@H](C(N)=O)C(C)C. The standard InChI is InChI=1S/C13H17BrN2O2/c1-7(2)11(12(15)17)16-13(18)9-5-4-6-10(14)8(9)3/h4-7,11H,1-3H3,(H2,15,17)(H,16,18)/t11-/m0/s1. The number of nitrogens with one attached hydrogen (secondary N) is 1. The normalized spacial score (nSPS) is 12.3. The van der Waals surface area contributed by atoms with E-state index >= 15 is 0 Å². The van der Waals surface area contributed by atoms with Gasteiger partial charge >= 0.3 is 0 Å². The second-order valence-electron chi connectivity index (χ2n) is 4.51. The van der Waals surface area contributed by atoms with Gasteiger partial charge in [0.15, 0.2) is 0 Å². The van der Waals surface area contributed by atoms with Gasteiger partial charge in [-0.15, -0.1) is 0 Å². The Balaban J connectivity index is 2.94. The third-order valence-corrected chi connectivity index (χ3v) is 3.63. The minimum atomic E-state index is -0.657. The Morgan fingerprint density at radius 1 is 1.33 bits per heavy atom. The molecular formula is C13H17BrN2O2. The van der Waals surface area contributed by atoms with Gasteiger partial charge < -0.3 is 11.1 Å². The van der Waals surface area contributed by atoms with Crippen LogP contribution in [0.1, 0.15) is 29.8 Å². The zero-order chi connectivity index (χ0) is 13.9. The molecule has 1 atom stereocenters. The topological polar surface area (TPSA) is 72.2 Å². The molecule has 5 heteroatoms. The predicted molar refractivity (Wildman–Crippen MR) is 74.2 cm³/mol. The fourth-order valence-electron chi connectivity index (χ4n) is 1.64. The van der Waals surface area contributed by atoms with E-state index in [1.165, 1.54) is 0 Å². The molecule has 0 unspecified atom stereocenters. The van der Waals surface area contributed by atoms with Crippen molar-refractivity contribution in [2.24, 2.45) is 11.7 Å². The van der Waals surface area contributed by atoms with Gasteiger partial charge in [0.1, 0.15) is 6.04 Å². The highest BCUT2D eigenvalue weighted by Gasteiger charge is 2.23. The lowest BCUT2D eigenvalue weighted by molar-refractivity contribution is -0.120. The fourth-order valence-corrected chi connectivity index (χ4v) is 2.00. The predicted octanol–water partition coefficient (Wildman–Crippen LogP) is 2.00. The van der Waals surface area contributed by atoms with Crippen LogP contribution in [0.25, 0.3) is 0 Å². The number of halogens is 1. The second-order valence-corrected chi connectivity index (χ2v) is 5.36. The summed E-state index contributed by atoms with van der Waals surface area (Å²) in [5.74, 6) is -0.851. The summed E-state index contributed by atoms with van der Waals surface area (Å²) < 4.78 is 0.857. The molecule has 1 aromatic rings. The molecule has 0 aliphatic heterocycles. The van der Waals surface area contributed by atoms with Crippen molar-refractivity contribution in [1.82, 2.24) is 5.32 Å². The molecule has 2 amide bonds. The van der Waals surface area contributed by atoms with Crippen molar-refractivity contribution in [3.63, 3.8) is 0 Å². The molecule has 3 N–H and O–H groups in total. The Morgan fingerprint density at radius 2 is 1.94 bits per heavy atom. The van der Waals surface area contributed by atoms with E-state index in [4.69, 9.17) is 5.73 Å². The van der Waals surface area contributed by atoms with E-state index in [-0.39, 0.29) is 11.8 Å². The summed E-state index contributed by atoms with van der Waals surface area (Å²) in [6, 6.07) is 4.70. The first-order valence-electron chi connectivity index (χ1n) is 5.70. The first-order chi connectivity index (χ1) is 8.34. The van der Waals surface area contributed by atoms with Gasteiger partial charge in [-0.3, -0.25) is 9.59 Å². The van der Waals surface area contributed by atoms with Crippen molar-refractivity contribution < 1.29 is 9.59 Å². The van der Waals surface area contributed by atoms with E-state index in [9.17, 15) is 9.59 Å². The van der Waals surface area contributed by atoms with E-state index in [1.54, 1.807) is 12.1 Å². The average molecular weight is 313 g/mol. The molecule has 4 nitrogen and oxygen atoms in total. The van der Waals surface area contributed by atoms with Crippen LogP contribution < -0.4 is 11.1 Å². The first kappa shape index (κ1) is 14.7. The molecule has 18 heavy (non-hydrogen) atoms. The second kappa shape index (κ2) is 6.00. The number of hydrogen-bond acceptors (Lipinski definition) is 2. The van der Waals surface area contributed by atoms with Crippen LogP contribution in [0.15, 0.2) is 22.7 Å². The third kappa shape index (κ3) is 3.32. The Hall–Kier alpha value is -1.36. The highest BCUT2D eigenvalue weighted by Crippen LogP contribution is 2.19. The summed E-state index contributed by atoms with van der Waals surface area (Å²) >= 11 is 3.37. The maximum atomic E-state index is 12.1. The minimum Gasteiger partial charge on any atom is -0.368 e. The number of benzene rings is 1. The van der Waals surface area contributed by atoms with Crippen LogP contribution in [0.5, 0.6) is 0 Å². The molecular weight excluding hydrogens is 296 g/mol. The lowest BCUT2D eigenvalue weighted by Crippen LogP contribution is -2.47. The smallest absolute Gasteiger partial charge is 0.252 e. The summed E-state index contributed by atoms with van der Waals surface area (Å²) in [4.78, 5) is 23.4. The van der Waals surface area contributed by atoms with Crippen molar-refractivity contribution in [3.8, 4) is 0 Å². The largest absolute Gasteiger partial charge is 0.368 e. The van der Waals surface area contributed by atoms with E-state index in [0.29, 0.717) is 5.56 Å².